The maximum atomic E-state index is 11.6. The van der Waals surface area contributed by atoms with E-state index in [2.05, 4.69) is 10.2 Å². The molecular weight excluding hydrogens is 256 g/mol. The molecule has 1 fully saturated rings. The molecule has 5 heteroatoms. The van der Waals surface area contributed by atoms with Crippen molar-refractivity contribution >= 4 is 6.09 Å². The third-order valence-corrected chi connectivity index (χ3v) is 3.52. The molecule has 118 valence electrons. The molecule has 1 saturated heterocycles. The van der Waals surface area contributed by atoms with Crippen LogP contribution in [0.15, 0.2) is 0 Å². The molecular formula is C15H30N2O3. The van der Waals surface area contributed by atoms with Gasteiger partial charge in [0.25, 0.3) is 0 Å². The summed E-state index contributed by atoms with van der Waals surface area (Å²) in [5.74, 6) is 0.552. The average Bonchev–Trinajstić information content (AvgIpc) is 2.36. The van der Waals surface area contributed by atoms with E-state index in [4.69, 9.17) is 9.84 Å². The van der Waals surface area contributed by atoms with Gasteiger partial charge < -0.3 is 20.1 Å². The van der Waals surface area contributed by atoms with Gasteiger partial charge in [-0.05, 0) is 72.0 Å². The highest BCUT2D eigenvalue weighted by Crippen LogP contribution is 2.17. The molecule has 0 bridgehead atoms. The molecule has 0 spiro atoms. The third-order valence-electron chi connectivity index (χ3n) is 3.52. The van der Waals surface area contributed by atoms with Crippen LogP contribution in [0.3, 0.4) is 0 Å². The molecule has 0 aromatic heterocycles. The summed E-state index contributed by atoms with van der Waals surface area (Å²) in [4.78, 5) is 14.0. The Labute approximate surface area is 122 Å². The number of nitrogens with zero attached hydrogens (tertiary/aromatic N) is 1. The molecule has 1 aliphatic rings. The Bertz CT molecular complexity index is 281. The maximum absolute atomic E-state index is 11.6. The Morgan fingerprint density at radius 2 is 1.95 bits per heavy atom. The van der Waals surface area contributed by atoms with Crippen molar-refractivity contribution in [2.75, 3.05) is 32.8 Å². The zero-order valence-corrected chi connectivity index (χ0v) is 13.2. The smallest absolute Gasteiger partial charge is 0.407 e. The van der Waals surface area contributed by atoms with Gasteiger partial charge in [0.05, 0.1) is 0 Å². The maximum Gasteiger partial charge on any atom is 0.407 e. The van der Waals surface area contributed by atoms with Crippen LogP contribution in [-0.4, -0.2) is 54.5 Å². The summed E-state index contributed by atoms with van der Waals surface area (Å²) < 4.78 is 5.23. The SMILES string of the molecule is CC(C)(C)OC(=O)NCC1CCN(CCCCO)CC1. The molecule has 0 aromatic carbocycles. The molecule has 5 nitrogen and oxygen atoms in total. The Hall–Kier alpha value is -0.810. The molecule has 2 N–H and O–H groups in total. The van der Waals surface area contributed by atoms with Crippen LogP contribution in [0, 0.1) is 5.92 Å². The van der Waals surface area contributed by atoms with E-state index in [0.29, 0.717) is 12.5 Å². The summed E-state index contributed by atoms with van der Waals surface area (Å²) >= 11 is 0. The number of amides is 1. The van der Waals surface area contributed by atoms with Gasteiger partial charge in [-0.25, -0.2) is 4.79 Å². The first-order chi connectivity index (χ1) is 9.40. The van der Waals surface area contributed by atoms with Crippen molar-refractivity contribution in [1.82, 2.24) is 10.2 Å². The van der Waals surface area contributed by atoms with Crippen LogP contribution in [0.1, 0.15) is 46.5 Å². The number of piperidine rings is 1. The van der Waals surface area contributed by atoms with Gasteiger partial charge in [0.15, 0.2) is 0 Å². The fraction of sp³-hybridized carbons (Fsp3) is 0.933. The number of aliphatic hydroxyl groups excluding tert-OH is 1. The lowest BCUT2D eigenvalue weighted by atomic mass is 9.96. The number of carbonyl (C=O) groups excluding carboxylic acids is 1. The predicted molar refractivity (Wildman–Crippen MR) is 79.7 cm³/mol. The van der Waals surface area contributed by atoms with Crippen molar-refractivity contribution in [1.29, 1.82) is 0 Å². The van der Waals surface area contributed by atoms with E-state index in [9.17, 15) is 4.79 Å². The van der Waals surface area contributed by atoms with Gasteiger partial charge in [-0.2, -0.15) is 0 Å². The normalized spacial score (nSPS) is 18.0. The number of nitrogens with one attached hydrogen (secondary N) is 1. The highest BCUT2D eigenvalue weighted by Gasteiger charge is 2.21. The van der Waals surface area contributed by atoms with Crippen molar-refractivity contribution in [3.05, 3.63) is 0 Å². The van der Waals surface area contributed by atoms with E-state index in [-0.39, 0.29) is 12.7 Å². The number of unbranched alkanes of at least 4 members (excludes halogenated alkanes) is 1. The molecule has 1 amide bonds. The molecule has 0 aliphatic carbocycles. The van der Waals surface area contributed by atoms with Crippen molar-refractivity contribution in [3.63, 3.8) is 0 Å². The number of hydrogen-bond donors (Lipinski definition) is 2. The van der Waals surface area contributed by atoms with E-state index in [1.165, 1.54) is 0 Å². The van der Waals surface area contributed by atoms with Crippen molar-refractivity contribution in [3.8, 4) is 0 Å². The number of alkyl carbamates (subject to hydrolysis) is 1. The van der Waals surface area contributed by atoms with E-state index in [0.717, 1.165) is 45.3 Å². The lowest BCUT2D eigenvalue weighted by molar-refractivity contribution is 0.0510. The second-order valence-electron chi connectivity index (χ2n) is 6.60. The first kappa shape index (κ1) is 17.2. The monoisotopic (exact) mass is 286 g/mol. The summed E-state index contributed by atoms with van der Waals surface area (Å²) in [5, 5.41) is 11.6. The van der Waals surface area contributed by atoms with Gasteiger partial charge in [-0.3, -0.25) is 0 Å². The van der Waals surface area contributed by atoms with Crippen LogP contribution in [0.2, 0.25) is 0 Å². The van der Waals surface area contributed by atoms with Gasteiger partial charge in [-0.15, -0.1) is 0 Å². The number of carbonyl (C=O) groups is 1. The number of hydrogen-bond acceptors (Lipinski definition) is 4. The molecule has 1 heterocycles. The number of rotatable bonds is 6. The van der Waals surface area contributed by atoms with Crippen LogP contribution in [-0.2, 0) is 4.74 Å². The second-order valence-corrected chi connectivity index (χ2v) is 6.60. The minimum Gasteiger partial charge on any atom is -0.444 e. The van der Waals surface area contributed by atoms with Crippen molar-refractivity contribution in [2.45, 2.75) is 52.1 Å². The molecule has 0 radical (unpaired) electrons. The Morgan fingerprint density at radius 1 is 1.30 bits per heavy atom. The lowest BCUT2D eigenvalue weighted by Gasteiger charge is -2.32. The molecule has 0 unspecified atom stereocenters. The van der Waals surface area contributed by atoms with Gasteiger partial charge >= 0.3 is 6.09 Å². The van der Waals surface area contributed by atoms with Crippen LogP contribution >= 0.6 is 0 Å². The Morgan fingerprint density at radius 3 is 2.50 bits per heavy atom. The molecule has 20 heavy (non-hydrogen) atoms. The fourth-order valence-electron chi connectivity index (χ4n) is 2.40. The topological polar surface area (TPSA) is 61.8 Å². The third kappa shape index (κ3) is 7.70. The van der Waals surface area contributed by atoms with E-state index >= 15 is 0 Å². The van der Waals surface area contributed by atoms with Gasteiger partial charge in [0.1, 0.15) is 5.60 Å². The Balaban J connectivity index is 2.12. The highest BCUT2D eigenvalue weighted by molar-refractivity contribution is 5.67. The minimum absolute atomic E-state index is 0.288. The zero-order chi connectivity index (χ0) is 15.0. The highest BCUT2D eigenvalue weighted by atomic mass is 16.6. The zero-order valence-electron chi connectivity index (χ0n) is 13.2. The van der Waals surface area contributed by atoms with E-state index < -0.39 is 5.60 Å². The molecule has 0 atom stereocenters. The first-order valence-corrected chi connectivity index (χ1v) is 7.71. The van der Waals surface area contributed by atoms with Crippen LogP contribution in [0.25, 0.3) is 0 Å². The van der Waals surface area contributed by atoms with Crippen LogP contribution in [0.5, 0.6) is 0 Å². The molecule has 1 rings (SSSR count). The van der Waals surface area contributed by atoms with Gasteiger partial charge in [0, 0.05) is 13.2 Å². The molecule has 0 aromatic rings. The van der Waals surface area contributed by atoms with Gasteiger partial charge in [0.2, 0.25) is 0 Å². The molecule has 0 saturated carbocycles. The average molecular weight is 286 g/mol. The second kappa shape index (κ2) is 8.47. The van der Waals surface area contributed by atoms with E-state index in [1.807, 2.05) is 20.8 Å². The minimum atomic E-state index is -0.430. The summed E-state index contributed by atoms with van der Waals surface area (Å²) in [7, 11) is 0. The summed E-state index contributed by atoms with van der Waals surface area (Å²) in [6, 6.07) is 0. The van der Waals surface area contributed by atoms with Crippen LogP contribution in [0.4, 0.5) is 4.79 Å². The summed E-state index contributed by atoms with van der Waals surface area (Å²) in [5.41, 5.74) is -0.430. The number of likely N-dealkylation sites (tertiary alicyclic amines) is 1. The van der Waals surface area contributed by atoms with Gasteiger partial charge in [-0.1, -0.05) is 0 Å². The quantitative estimate of drug-likeness (QED) is 0.733. The van der Waals surface area contributed by atoms with Crippen LogP contribution < -0.4 is 5.32 Å². The number of aliphatic hydroxyl groups is 1. The lowest BCUT2D eigenvalue weighted by Crippen LogP contribution is -2.40. The predicted octanol–water partition coefficient (Wildman–Crippen LogP) is 2.00. The largest absolute Gasteiger partial charge is 0.444 e. The summed E-state index contributed by atoms with van der Waals surface area (Å²) in [6.07, 6.45) is 3.88. The fourth-order valence-corrected chi connectivity index (χ4v) is 2.40. The number of ether oxygens (including phenoxy) is 1. The van der Waals surface area contributed by atoms with Crippen molar-refractivity contribution in [2.24, 2.45) is 5.92 Å². The first-order valence-electron chi connectivity index (χ1n) is 7.71. The standard InChI is InChI=1S/C15H30N2O3/c1-15(2,3)20-14(19)16-12-13-6-9-17(10-7-13)8-4-5-11-18/h13,18H,4-12H2,1-3H3,(H,16,19). The Kier molecular flexibility index (Phi) is 7.30. The summed E-state index contributed by atoms with van der Waals surface area (Å²) in [6.45, 7) is 9.87. The molecule has 1 aliphatic heterocycles. The van der Waals surface area contributed by atoms with Crippen molar-refractivity contribution < 1.29 is 14.6 Å². The van der Waals surface area contributed by atoms with E-state index in [1.54, 1.807) is 0 Å².